The van der Waals surface area contributed by atoms with Crippen LogP contribution in [0.1, 0.15) is 31.4 Å². The third kappa shape index (κ3) is 2.20. The highest BCUT2D eigenvalue weighted by atomic mass is 15.1. The summed E-state index contributed by atoms with van der Waals surface area (Å²) in [6.07, 6.45) is 7.80. The second kappa shape index (κ2) is 4.50. The van der Waals surface area contributed by atoms with Gasteiger partial charge in [-0.2, -0.15) is 0 Å². The Labute approximate surface area is 104 Å². The van der Waals surface area contributed by atoms with Gasteiger partial charge >= 0.3 is 0 Å². The molecule has 0 spiro atoms. The van der Waals surface area contributed by atoms with Gasteiger partial charge in [0, 0.05) is 5.54 Å². The summed E-state index contributed by atoms with van der Waals surface area (Å²) in [5.41, 5.74) is 4.16. The molecule has 0 unspecified atom stereocenters. The molecular weight excluding hydrogens is 206 g/mol. The van der Waals surface area contributed by atoms with E-state index < -0.39 is 0 Å². The molecule has 0 saturated heterocycles. The molecule has 1 aliphatic carbocycles. The molecule has 1 heteroatoms. The molecule has 0 saturated carbocycles. The lowest BCUT2D eigenvalue weighted by Gasteiger charge is -2.35. The van der Waals surface area contributed by atoms with Crippen molar-refractivity contribution in [1.29, 1.82) is 0 Å². The maximum Gasteiger partial charge on any atom is 0.0404 e. The summed E-state index contributed by atoms with van der Waals surface area (Å²) in [6.45, 7) is 4.54. The van der Waals surface area contributed by atoms with E-state index >= 15 is 0 Å². The van der Waals surface area contributed by atoms with Crippen molar-refractivity contribution in [2.24, 2.45) is 0 Å². The lowest BCUT2D eigenvalue weighted by atomic mass is 9.86. The van der Waals surface area contributed by atoms with E-state index in [1.54, 1.807) is 0 Å². The Bertz CT molecular complexity index is 464. The van der Waals surface area contributed by atoms with Gasteiger partial charge < -0.3 is 4.90 Å². The van der Waals surface area contributed by atoms with Crippen LogP contribution >= 0.6 is 0 Å². The Morgan fingerprint density at radius 1 is 1.12 bits per heavy atom. The van der Waals surface area contributed by atoms with Crippen molar-refractivity contribution in [3.63, 3.8) is 0 Å². The van der Waals surface area contributed by atoms with Gasteiger partial charge in [-0.05, 0) is 51.1 Å². The molecule has 17 heavy (non-hydrogen) atoms. The van der Waals surface area contributed by atoms with Gasteiger partial charge in [0.05, 0.1) is 0 Å². The number of benzene rings is 1. The Kier molecular flexibility index (Phi) is 3.21. The van der Waals surface area contributed by atoms with E-state index in [-0.39, 0.29) is 5.54 Å². The normalized spacial score (nSPS) is 15.5. The largest absolute Gasteiger partial charge is 0.300 e. The highest BCUT2D eigenvalue weighted by Gasteiger charge is 2.26. The van der Waals surface area contributed by atoms with Crippen LogP contribution in [0, 0.1) is 0 Å². The number of rotatable bonds is 3. The first kappa shape index (κ1) is 12.1. The van der Waals surface area contributed by atoms with Gasteiger partial charge in [0.2, 0.25) is 0 Å². The Morgan fingerprint density at radius 2 is 1.82 bits per heavy atom. The molecule has 1 nitrogen and oxygen atoms in total. The molecule has 0 heterocycles. The Hall–Kier alpha value is -1.34. The number of hydrogen-bond donors (Lipinski definition) is 0. The van der Waals surface area contributed by atoms with E-state index in [0.29, 0.717) is 0 Å². The highest BCUT2D eigenvalue weighted by Crippen LogP contribution is 2.33. The van der Waals surface area contributed by atoms with Gasteiger partial charge in [-0.25, -0.2) is 0 Å². The average molecular weight is 227 g/mol. The molecule has 90 valence electrons. The van der Waals surface area contributed by atoms with Gasteiger partial charge in [0.1, 0.15) is 0 Å². The topological polar surface area (TPSA) is 3.24 Å². The molecule has 0 bridgehead atoms. The molecule has 1 aliphatic rings. The summed E-state index contributed by atoms with van der Waals surface area (Å²) < 4.78 is 0. The number of hydrogen-bond acceptors (Lipinski definition) is 1. The predicted octanol–water partition coefficient (Wildman–Crippen LogP) is 3.83. The average Bonchev–Trinajstić information content (AvgIpc) is 2.82. The van der Waals surface area contributed by atoms with Crippen molar-refractivity contribution >= 4 is 5.57 Å². The number of allylic oxidation sites excluding steroid dienone is 4. The van der Waals surface area contributed by atoms with Crippen LogP contribution in [-0.4, -0.2) is 19.0 Å². The second-order valence-electron chi connectivity index (χ2n) is 5.30. The predicted molar refractivity (Wildman–Crippen MR) is 74.9 cm³/mol. The Morgan fingerprint density at radius 3 is 2.41 bits per heavy atom. The molecule has 0 amide bonds. The van der Waals surface area contributed by atoms with Crippen LogP contribution in [0.5, 0.6) is 0 Å². The lowest BCUT2D eigenvalue weighted by molar-refractivity contribution is 0.197. The third-order valence-corrected chi connectivity index (χ3v) is 3.79. The van der Waals surface area contributed by atoms with Crippen LogP contribution in [-0.2, 0) is 5.54 Å². The van der Waals surface area contributed by atoms with Crippen molar-refractivity contribution in [3.05, 3.63) is 53.6 Å². The minimum absolute atomic E-state index is 0.0495. The molecule has 0 atom stereocenters. The van der Waals surface area contributed by atoms with E-state index in [9.17, 15) is 0 Å². The van der Waals surface area contributed by atoms with Crippen LogP contribution in [0.2, 0.25) is 0 Å². The van der Waals surface area contributed by atoms with Gasteiger partial charge in [-0.3, -0.25) is 0 Å². The molecular formula is C16H21N. The second-order valence-corrected chi connectivity index (χ2v) is 5.30. The van der Waals surface area contributed by atoms with Crippen LogP contribution in [0.25, 0.3) is 5.57 Å². The fraction of sp³-hybridized carbons (Fsp3) is 0.375. The summed E-state index contributed by atoms with van der Waals surface area (Å²) in [4.78, 5) is 2.27. The molecule has 0 N–H and O–H groups in total. The maximum absolute atomic E-state index is 2.30. The van der Waals surface area contributed by atoms with Crippen molar-refractivity contribution in [1.82, 2.24) is 4.90 Å². The first-order valence-electron chi connectivity index (χ1n) is 6.17. The van der Waals surface area contributed by atoms with Gasteiger partial charge in [0.25, 0.3) is 0 Å². The van der Waals surface area contributed by atoms with Crippen LogP contribution in [0.15, 0.2) is 42.5 Å². The van der Waals surface area contributed by atoms with Crippen LogP contribution in [0.4, 0.5) is 0 Å². The standard InChI is InChI=1S/C16H21N/c1-16(2,17(3)4)15-12-8-7-11-14(15)13-9-5-6-10-13/h5,7-12H,6H2,1-4H3. The monoisotopic (exact) mass is 227 g/mol. The van der Waals surface area contributed by atoms with E-state index in [0.717, 1.165) is 6.42 Å². The van der Waals surface area contributed by atoms with E-state index in [1.165, 1.54) is 16.7 Å². The summed E-state index contributed by atoms with van der Waals surface area (Å²) in [7, 11) is 4.27. The van der Waals surface area contributed by atoms with Crippen molar-refractivity contribution < 1.29 is 0 Å². The third-order valence-electron chi connectivity index (χ3n) is 3.79. The summed E-state index contributed by atoms with van der Waals surface area (Å²) in [6, 6.07) is 8.71. The van der Waals surface area contributed by atoms with Gasteiger partial charge in [-0.15, -0.1) is 0 Å². The van der Waals surface area contributed by atoms with Crippen LogP contribution < -0.4 is 0 Å². The van der Waals surface area contributed by atoms with Crippen LogP contribution in [0.3, 0.4) is 0 Å². The zero-order valence-corrected chi connectivity index (χ0v) is 11.2. The summed E-state index contributed by atoms with van der Waals surface area (Å²) in [5, 5.41) is 0. The zero-order chi connectivity index (χ0) is 12.5. The summed E-state index contributed by atoms with van der Waals surface area (Å²) in [5.74, 6) is 0. The fourth-order valence-electron chi connectivity index (χ4n) is 2.17. The molecule has 0 aromatic heterocycles. The van der Waals surface area contributed by atoms with Crippen molar-refractivity contribution in [2.75, 3.05) is 14.1 Å². The van der Waals surface area contributed by atoms with E-state index in [1.807, 2.05) is 0 Å². The molecule has 1 aromatic carbocycles. The minimum atomic E-state index is 0.0495. The maximum atomic E-state index is 2.30. The molecule has 1 aromatic rings. The minimum Gasteiger partial charge on any atom is -0.300 e. The smallest absolute Gasteiger partial charge is 0.0404 e. The first-order chi connectivity index (χ1) is 8.03. The quantitative estimate of drug-likeness (QED) is 0.758. The Balaban J connectivity index is 2.51. The molecule has 0 aliphatic heterocycles. The molecule has 2 rings (SSSR count). The lowest BCUT2D eigenvalue weighted by Crippen LogP contribution is -2.36. The fourth-order valence-corrected chi connectivity index (χ4v) is 2.17. The van der Waals surface area contributed by atoms with Gasteiger partial charge in [0.15, 0.2) is 0 Å². The van der Waals surface area contributed by atoms with E-state index in [2.05, 4.69) is 75.3 Å². The van der Waals surface area contributed by atoms with E-state index in [4.69, 9.17) is 0 Å². The summed E-state index contributed by atoms with van der Waals surface area (Å²) >= 11 is 0. The number of nitrogens with zero attached hydrogens (tertiary/aromatic N) is 1. The molecule has 0 fully saturated rings. The molecule has 0 radical (unpaired) electrons. The van der Waals surface area contributed by atoms with Gasteiger partial charge in [-0.1, -0.05) is 42.5 Å². The first-order valence-corrected chi connectivity index (χ1v) is 6.17. The highest BCUT2D eigenvalue weighted by molar-refractivity contribution is 5.78. The van der Waals surface area contributed by atoms with Crippen molar-refractivity contribution in [3.8, 4) is 0 Å². The van der Waals surface area contributed by atoms with Crippen molar-refractivity contribution in [2.45, 2.75) is 25.8 Å². The SMILES string of the molecule is CN(C)C(C)(C)c1ccccc1C1=CCC=C1. The zero-order valence-electron chi connectivity index (χ0n) is 11.2.